The van der Waals surface area contributed by atoms with Gasteiger partial charge in [-0.2, -0.15) is 13.2 Å². The van der Waals surface area contributed by atoms with Gasteiger partial charge in [0.05, 0.1) is 16.2 Å². The molecule has 5 rings (SSSR count). The maximum atomic E-state index is 13.2. The van der Waals surface area contributed by atoms with Crippen LogP contribution in [0.25, 0.3) is 22.3 Å². The van der Waals surface area contributed by atoms with Gasteiger partial charge in [0.1, 0.15) is 6.33 Å². The summed E-state index contributed by atoms with van der Waals surface area (Å²) in [7, 11) is -3.92. The van der Waals surface area contributed by atoms with Crippen molar-refractivity contribution in [2.75, 3.05) is 5.32 Å². The zero-order valence-corrected chi connectivity index (χ0v) is 20.6. The van der Waals surface area contributed by atoms with Crippen LogP contribution in [0.15, 0.2) is 96.3 Å². The average molecular weight is 537 g/mol. The van der Waals surface area contributed by atoms with Crippen molar-refractivity contribution >= 4 is 32.7 Å². The van der Waals surface area contributed by atoms with Crippen LogP contribution in [0.5, 0.6) is 0 Å². The Bertz CT molecular complexity index is 1780. The summed E-state index contributed by atoms with van der Waals surface area (Å²) in [6.07, 6.45) is -1.93. The highest BCUT2D eigenvalue weighted by atomic mass is 32.2. The Labute approximate surface area is 215 Å². The van der Waals surface area contributed by atoms with Crippen molar-refractivity contribution in [1.29, 1.82) is 0 Å². The molecule has 0 aliphatic rings. The number of nitrogens with zero attached hydrogens (tertiary/aromatic N) is 3. The summed E-state index contributed by atoms with van der Waals surface area (Å²) in [5.74, 6) is -0.712. The Balaban J connectivity index is 1.48. The standard InChI is InChI=1S/C27H19F3N4O3S/c1-17-8-10-22(11-9-17)38(36,37)34-13-12-23-24(31-16-32-25(23)34)18-4-3-7-21(15-18)33-26(35)19-5-2-6-20(14-19)27(28,29)30/h2-16H,1H3,(H,33,35). The van der Waals surface area contributed by atoms with E-state index in [4.69, 9.17) is 0 Å². The van der Waals surface area contributed by atoms with Crippen molar-refractivity contribution in [2.24, 2.45) is 0 Å². The number of hydrogen-bond acceptors (Lipinski definition) is 5. The highest BCUT2D eigenvalue weighted by Crippen LogP contribution is 2.31. The molecular formula is C27H19F3N4O3S. The number of carbonyl (C=O) groups excluding carboxylic acids is 1. The molecule has 3 aromatic carbocycles. The molecule has 0 saturated carbocycles. The molecule has 5 aromatic rings. The molecule has 0 radical (unpaired) electrons. The number of halogens is 3. The molecule has 192 valence electrons. The molecule has 0 atom stereocenters. The maximum absolute atomic E-state index is 13.2. The summed E-state index contributed by atoms with van der Waals surface area (Å²) in [5.41, 5.74) is 1.32. The van der Waals surface area contributed by atoms with Crippen LogP contribution in [0.4, 0.5) is 18.9 Å². The Morgan fingerprint density at radius 3 is 2.39 bits per heavy atom. The van der Waals surface area contributed by atoms with Crippen LogP contribution < -0.4 is 5.32 Å². The molecule has 0 saturated heterocycles. The fourth-order valence-electron chi connectivity index (χ4n) is 3.96. The first-order valence-corrected chi connectivity index (χ1v) is 12.7. The van der Waals surface area contributed by atoms with E-state index in [1.807, 2.05) is 6.92 Å². The van der Waals surface area contributed by atoms with Gasteiger partial charge in [-0.1, -0.05) is 35.9 Å². The number of aromatic nitrogens is 3. The van der Waals surface area contributed by atoms with Crippen molar-refractivity contribution in [3.8, 4) is 11.3 Å². The van der Waals surface area contributed by atoms with E-state index in [1.54, 1.807) is 42.5 Å². The number of aryl methyl sites for hydroxylation is 1. The summed E-state index contributed by atoms with van der Waals surface area (Å²) in [5, 5.41) is 3.06. The second-order valence-corrected chi connectivity index (χ2v) is 10.3. The molecule has 7 nitrogen and oxygen atoms in total. The molecule has 0 aliphatic carbocycles. The van der Waals surface area contributed by atoms with E-state index in [2.05, 4.69) is 15.3 Å². The summed E-state index contributed by atoms with van der Waals surface area (Å²) in [6.45, 7) is 1.86. The highest BCUT2D eigenvalue weighted by Gasteiger charge is 2.31. The predicted octanol–water partition coefficient (Wildman–Crippen LogP) is 5.91. The van der Waals surface area contributed by atoms with Crippen molar-refractivity contribution in [1.82, 2.24) is 13.9 Å². The monoisotopic (exact) mass is 536 g/mol. The SMILES string of the molecule is Cc1ccc(S(=O)(=O)n2ccc3c(-c4cccc(NC(=O)c5cccc(C(F)(F)F)c5)c4)ncnc32)cc1. The Morgan fingerprint density at radius 1 is 0.921 bits per heavy atom. The van der Waals surface area contributed by atoms with E-state index >= 15 is 0 Å². The van der Waals surface area contributed by atoms with Crippen molar-refractivity contribution in [3.63, 3.8) is 0 Å². The number of benzene rings is 3. The van der Waals surface area contributed by atoms with Gasteiger partial charge in [0, 0.05) is 28.4 Å². The largest absolute Gasteiger partial charge is 0.416 e. The van der Waals surface area contributed by atoms with Gasteiger partial charge in [-0.05, 0) is 55.5 Å². The Kier molecular flexibility index (Phi) is 6.23. The van der Waals surface area contributed by atoms with E-state index in [0.717, 1.165) is 21.7 Å². The van der Waals surface area contributed by atoms with E-state index < -0.39 is 27.7 Å². The lowest BCUT2D eigenvalue weighted by Crippen LogP contribution is -2.14. The van der Waals surface area contributed by atoms with Gasteiger partial charge in [-0.3, -0.25) is 4.79 Å². The number of rotatable bonds is 5. The molecule has 0 unspecified atom stereocenters. The van der Waals surface area contributed by atoms with Crippen molar-refractivity contribution in [2.45, 2.75) is 18.0 Å². The molecule has 0 spiro atoms. The van der Waals surface area contributed by atoms with Gasteiger partial charge in [-0.25, -0.2) is 22.4 Å². The van der Waals surface area contributed by atoms with E-state index in [-0.39, 0.29) is 16.1 Å². The van der Waals surface area contributed by atoms with Crippen LogP contribution >= 0.6 is 0 Å². The number of hydrogen-bond donors (Lipinski definition) is 1. The number of amides is 1. The minimum absolute atomic E-state index is 0.111. The lowest BCUT2D eigenvalue weighted by atomic mass is 10.1. The summed E-state index contributed by atoms with van der Waals surface area (Å²) < 4.78 is 66.7. The smallest absolute Gasteiger partial charge is 0.322 e. The number of anilines is 1. The lowest BCUT2D eigenvalue weighted by Gasteiger charge is -2.11. The molecule has 38 heavy (non-hydrogen) atoms. The van der Waals surface area contributed by atoms with Crippen LogP contribution in [0.3, 0.4) is 0 Å². The quantitative estimate of drug-likeness (QED) is 0.301. The second kappa shape index (κ2) is 9.42. The number of nitrogens with one attached hydrogen (secondary N) is 1. The molecule has 2 aromatic heterocycles. The third-order valence-electron chi connectivity index (χ3n) is 5.87. The van der Waals surface area contributed by atoms with Crippen LogP contribution in [0, 0.1) is 6.92 Å². The Hall–Kier alpha value is -4.51. The minimum Gasteiger partial charge on any atom is -0.322 e. The van der Waals surface area contributed by atoms with Crippen molar-refractivity contribution in [3.05, 3.63) is 108 Å². The summed E-state index contributed by atoms with van der Waals surface area (Å²) >= 11 is 0. The fraction of sp³-hybridized carbons (Fsp3) is 0.0741. The first-order chi connectivity index (χ1) is 18.0. The number of carbonyl (C=O) groups is 1. The molecule has 0 aliphatic heterocycles. The Morgan fingerprint density at radius 2 is 1.66 bits per heavy atom. The first-order valence-electron chi connectivity index (χ1n) is 11.3. The zero-order valence-electron chi connectivity index (χ0n) is 19.8. The van der Waals surface area contributed by atoms with E-state index in [9.17, 15) is 26.4 Å². The van der Waals surface area contributed by atoms with Gasteiger partial charge in [0.2, 0.25) is 0 Å². The summed E-state index contributed by atoms with van der Waals surface area (Å²) in [6, 6.07) is 18.7. The lowest BCUT2D eigenvalue weighted by molar-refractivity contribution is -0.137. The van der Waals surface area contributed by atoms with Gasteiger partial charge in [0.15, 0.2) is 5.65 Å². The van der Waals surface area contributed by atoms with Crippen LogP contribution in [0.2, 0.25) is 0 Å². The predicted molar refractivity (Wildman–Crippen MR) is 136 cm³/mol. The van der Waals surface area contributed by atoms with Crippen LogP contribution in [-0.4, -0.2) is 28.3 Å². The molecular weight excluding hydrogens is 517 g/mol. The highest BCUT2D eigenvalue weighted by molar-refractivity contribution is 7.90. The molecule has 1 N–H and O–H groups in total. The molecule has 11 heteroatoms. The minimum atomic E-state index is -4.57. The van der Waals surface area contributed by atoms with Gasteiger partial charge in [0.25, 0.3) is 15.9 Å². The van der Waals surface area contributed by atoms with Crippen LogP contribution in [0.1, 0.15) is 21.5 Å². The normalized spacial score (nSPS) is 12.0. The van der Waals surface area contributed by atoms with Gasteiger partial charge < -0.3 is 5.32 Å². The average Bonchev–Trinajstić information content (AvgIpc) is 3.34. The second-order valence-electron chi connectivity index (χ2n) is 8.50. The summed E-state index contributed by atoms with van der Waals surface area (Å²) in [4.78, 5) is 21.3. The maximum Gasteiger partial charge on any atom is 0.416 e. The van der Waals surface area contributed by atoms with E-state index in [0.29, 0.717) is 22.3 Å². The zero-order chi connectivity index (χ0) is 27.1. The number of fused-ring (bicyclic) bond motifs is 1. The number of alkyl halides is 3. The van der Waals surface area contributed by atoms with Crippen molar-refractivity contribution < 1.29 is 26.4 Å². The van der Waals surface area contributed by atoms with Gasteiger partial charge >= 0.3 is 6.18 Å². The third kappa shape index (κ3) is 4.75. The fourth-order valence-corrected chi connectivity index (χ4v) is 5.26. The van der Waals surface area contributed by atoms with E-state index in [1.165, 1.54) is 36.8 Å². The van der Waals surface area contributed by atoms with Gasteiger partial charge in [-0.15, -0.1) is 0 Å². The molecule has 0 bridgehead atoms. The first kappa shape index (κ1) is 25.2. The molecule has 2 heterocycles. The molecule has 1 amide bonds. The topological polar surface area (TPSA) is 94.0 Å². The van der Waals surface area contributed by atoms with Crippen LogP contribution in [-0.2, 0) is 16.2 Å². The molecule has 0 fully saturated rings. The third-order valence-corrected chi connectivity index (χ3v) is 7.55.